The molecule has 1 saturated heterocycles. The van der Waals surface area contributed by atoms with Gasteiger partial charge in [-0.15, -0.1) is 5.10 Å². The van der Waals surface area contributed by atoms with Crippen LogP contribution in [0.2, 0.25) is 0 Å². The molecule has 1 aromatic heterocycles. The largest absolute Gasteiger partial charge is 0.437 e. The molecule has 132 valence electrons. The van der Waals surface area contributed by atoms with Crippen molar-refractivity contribution in [2.24, 2.45) is 0 Å². The summed E-state index contributed by atoms with van der Waals surface area (Å²) in [6.07, 6.45) is 2.23. The zero-order valence-electron chi connectivity index (χ0n) is 13.3. The van der Waals surface area contributed by atoms with Crippen molar-refractivity contribution in [1.82, 2.24) is 20.4 Å². The molecule has 0 radical (unpaired) electrons. The number of benzene rings is 1. The van der Waals surface area contributed by atoms with E-state index in [9.17, 15) is 18.8 Å². The molecule has 2 aromatic rings. The smallest absolute Gasteiger partial charge is 0.388 e. The molecule has 9 heteroatoms. The Labute approximate surface area is 142 Å². The van der Waals surface area contributed by atoms with Gasteiger partial charge in [-0.1, -0.05) is 0 Å². The van der Waals surface area contributed by atoms with Crippen molar-refractivity contribution in [1.29, 1.82) is 0 Å². The lowest BCUT2D eigenvalue weighted by molar-refractivity contribution is -0.129. The van der Waals surface area contributed by atoms with E-state index in [1.54, 1.807) is 0 Å². The Balaban J connectivity index is 1.68. The van der Waals surface area contributed by atoms with Crippen molar-refractivity contribution in [3.8, 4) is 11.5 Å². The Morgan fingerprint density at radius 3 is 2.84 bits per heavy atom. The molecule has 0 spiro atoms. The first-order chi connectivity index (χ1) is 12.0. The number of halogens is 1. The maximum Gasteiger partial charge on any atom is 0.437 e. The zero-order valence-corrected chi connectivity index (χ0v) is 13.3. The van der Waals surface area contributed by atoms with Crippen molar-refractivity contribution in [2.75, 3.05) is 6.54 Å². The van der Waals surface area contributed by atoms with E-state index < -0.39 is 23.5 Å². The topological polar surface area (TPSA) is 106 Å². The molecule has 1 aromatic carbocycles. The van der Waals surface area contributed by atoms with Gasteiger partial charge in [0.1, 0.15) is 18.4 Å². The molecule has 25 heavy (non-hydrogen) atoms. The highest BCUT2D eigenvalue weighted by Crippen LogP contribution is 2.15. The van der Waals surface area contributed by atoms with Gasteiger partial charge in [0.2, 0.25) is 17.7 Å². The van der Waals surface area contributed by atoms with E-state index in [0.29, 0.717) is 18.5 Å². The summed E-state index contributed by atoms with van der Waals surface area (Å²) in [4.78, 5) is 35.8. The standard InChI is InChI=1S/C16H17FN4O4/c17-11-6-4-10(5-7-11)15-20-21(16(24)25-15)9-13(22)19-12-3-1-2-8-18-14(12)23/h4-7,12H,1-3,8-9H2,(H,18,23)(H,19,22). The van der Waals surface area contributed by atoms with Crippen LogP contribution in [0.5, 0.6) is 0 Å². The van der Waals surface area contributed by atoms with Crippen LogP contribution < -0.4 is 16.4 Å². The average molecular weight is 348 g/mol. The Morgan fingerprint density at radius 2 is 2.08 bits per heavy atom. The van der Waals surface area contributed by atoms with E-state index in [0.717, 1.165) is 17.5 Å². The number of nitrogens with one attached hydrogen (secondary N) is 2. The highest BCUT2D eigenvalue weighted by atomic mass is 19.1. The van der Waals surface area contributed by atoms with E-state index in [-0.39, 0.29) is 18.3 Å². The Hall–Kier alpha value is -2.97. The number of aromatic nitrogens is 2. The summed E-state index contributed by atoms with van der Waals surface area (Å²) < 4.78 is 18.8. The summed E-state index contributed by atoms with van der Waals surface area (Å²) in [6, 6.07) is 4.65. The highest BCUT2D eigenvalue weighted by Gasteiger charge is 2.23. The monoisotopic (exact) mass is 348 g/mol. The predicted octanol–water partition coefficient (Wildman–Crippen LogP) is 0.427. The molecular weight excluding hydrogens is 331 g/mol. The third-order valence-electron chi connectivity index (χ3n) is 3.86. The third-order valence-corrected chi connectivity index (χ3v) is 3.86. The van der Waals surface area contributed by atoms with Crippen LogP contribution >= 0.6 is 0 Å². The van der Waals surface area contributed by atoms with Crippen LogP contribution in [0.1, 0.15) is 19.3 Å². The highest BCUT2D eigenvalue weighted by molar-refractivity contribution is 5.87. The number of rotatable bonds is 4. The minimum Gasteiger partial charge on any atom is -0.388 e. The molecule has 2 N–H and O–H groups in total. The van der Waals surface area contributed by atoms with Gasteiger partial charge in [-0.05, 0) is 43.5 Å². The van der Waals surface area contributed by atoms with Gasteiger partial charge >= 0.3 is 5.76 Å². The van der Waals surface area contributed by atoms with Gasteiger partial charge in [-0.25, -0.2) is 9.18 Å². The zero-order chi connectivity index (χ0) is 17.8. The van der Waals surface area contributed by atoms with E-state index in [1.165, 1.54) is 24.3 Å². The Morgan fingerprint density at radius 1 is 1.32 bits per heavy atom. The molecule has 1 atom stereocenters. The van der Waals surface area contributed by atoms with Gasteiger partial charge in [-0.2, -0.15) is 4.68 Å². The normalized spacial score (nSPS) is 17.6. The van der Waals surface area contributed by atoms with Crippen molar-refractivity contribution >= 4 is 11.8 Å². The summed E-state index contributed by atoms with van der Waals surface area (Å²) in [7, 11) is 0. The van der Waals surface area contributed by atoms with Gasteiger partial charge in [0.05, 0.1) is 0 Å². The number of carbonyl (C=O) groups excluding carboxylic acids is 2. The molecule has 1 unspecified atom stereocenters. The van der Waals surface area contributed by atoms with Gasteiger partial charge in [0, 0.05) is 12.1 Å². The number of hydrogen-bond donors (Lipinski definition) is 2. The van der Waals surface area contributed by atoms with E-state index in [1.807, 2.05) is 0 Å². The van der Waals surface area contributed by atoms with Crippen LogP contribution in [-0.2, 0) is 16.1 Å². The van der Waals surface area contributed by atoms with Crippen molar-refractivity contribution < 1.29 is 18.4 Å². The van der Waals surface area contributed by atoms with Crippen LogP contribution in [0.25, 0.3) is 11.5 Å². The summed E-state index contributed by atoms with van der Waals surface area (Å²) in [5.41, 5.74) is 0.417. The lowest BCUT2D eigenvalue weighted by Crippen LogP contribution is -2.47. The fraction of sp³-hybridized carbons (Fsp3) is 0.375. The maximum atomic E-state index is 12.9. The van der Waals surface area contributed by atoms with E-state index >= 15 is 0 Å². The van der Waals surface area contributed by atoms with Gasteiger partial charge in [0.25, 0.3) is 0 Å². The second-order valence-electron chi connectivity index (χ2n) is 5.74. The molecule has 1 aliphatic heterocycles. The van der Waals surface area contributed by atoms with Crippen LogP contribution in [-0.4, -0.2) is 34.2 Å². The fourth-order valence-electron chi connectivity index (χ4n) is 2.57. The second kappa shape index (κ2) is 7.29. The lowest BCUT2D eigenvalue weighted by atomic mass is 10.1. The molecule has 0 saturated carbocycles. The number of carbonyl (C=O) groups is 2. The average Bonchev–Trinajstić information content (AvgIpc) is 2.81. The van der Waals surface area contributed by atoms with Crippen LogP contribution in [0.15, 0.2) is 33.5 Å². The molecule has 1 fully saturated rings. The summed E-state index contributed by atoms with van der Waals surface area (Å²) in [5, 5.41) is 9.25. The van der Waals surface area contributed by atoms with Gasteiger partial charge < -0.3 is 15.1 Å². The molecule has 8 nitrogen and oxygen atoms in total. The summed E-state index contributed by atoms with van der Waals surface area (Å²) in [5.74, 6) is -1.98. The van der Waals surface area contributed by atoms with Gasteiger partial charge in [0.15, 0.2) is 0 Å². The Bertz CT molecular complexity index is 827. The second-order valence-corrected chi connectivity index (χ2v) is 5.74. The quantitative estimate of drug-likeness (QED) is 0.833. The van der Waals surface area contributed by atoms with Crippen LogP contribution in [0.4, 0.5) is 4.39 Å². The first-order valence-electron chi connectivity index (χ1n) is 7.94. The van der Waals surface area contributed by atoms with Crippen molar-refractivity contribution in [3.63, 3.8) is 0 Å². The molecule has 0 bridgehead atoms. The first-order valence-corrected chi connectivity index (χ1v) is 7.94. The van der Waals surface area contributed by atoms with Gasteiger partial charge in [-0.3, -0.25) is 9.59 Å². The Kier molecular flexibility index (Phi) is 4.92. The first kappa shape index (κ1) is 16.9. The van der Waals surface area contributed by atoms with Crippen LogP contribution in [0, 0.1) is 5.82 Å². The number of nitrogens with zero attached hydrogens (tertiary/aromatic N) is 2. The summed E-state index contributed by atoms with van der Waals surface area (Å²) in [6.45, 7) is 0.224. The fourth-order valence-corrected chi connectivity index (χ4v) is 2.57. The maximum absolute atomic E-state index is 12.9. The number of hydrogen-bond acceptors (Lipinski definition) is 5. The SMILES string of the molecule is O=C(Cn1nc(-c2ccc(F)cc2)oc1=O)NC1CCCCNC1=O. The molecule has 2 heterocycles. The minimum atomic E-state index is -0.806. The minimum absolute atomic E-state index is 0.00925. The van der Waals surface area contributed by atoms with E-state index in [2.05, 4.69) is 15.7 Å². The lowest BCUT2D eigenvalue weighted by Gasteiger charge is -2.14. The molecule has 0 aliphatic carbocycles. The summed E-state index contributed by atoms with van der Waals surface area (Å²) >= 11 is 0. The predicted molar refractivity (Wildman–Crippen MR) is 84.9 cm³/mol. The molecule has 1 aliphatic rings. The third kappa shape index (κ3) is 4.11. The van der Waals surface area contributed by atoms with Crippen molar-refractivity contribution in [3.05, 3.63) is 40.6 Å². The van der Waals surface area contributed by atoms with Crippen LogP contribution in [0.3, 0.4) is 0 Å². The molecule has 2 amide bonds. The van der Waals surface area contributed by atoms with E-state index in [4.69, 9.17) is 4.42 Å². The number of amides is 2. The van der Waals surface area contributed by atoms with Crippen molar-refractivity contribution in [2.45, 2.75) is 31.8 Å². The molecule has 3 rings (SSSR count). The molecular formula is C16H17FN4O4.